The normalized spacial score (nSPS) is 33.2. The largest absolute Gasteiger partial charge is 0.445 e. The summed E-state index contributed by atoms with van der Waals surface area (Å²) in [4.78, 5) is 14.3. The van der Waals surface area contributed by atoms with Gasteiger partial charge in [-0.1, -0.05) is 42.5 Å². The first-order valence-electron chi connectivity index (χ1n) is 8.19. The SMILES string of the molecule is CC1(C)O[C@H]2O[C@@H]3C=CCN(C(=O)OCc4ccccc4)[C@@H]3[C@H]2O1. The highest BCUT2D eigenvalue weighted by Gasteiger charge is 2.57. The Morgan fingerprint density at radius 1 is 1.29 bits per heavy atom. The van der Waals surface area contributed by atoms with Gasteiger partial charge in [0.2, 0.25) is 0 Å². The summed E-state index contributed by atoms with van der Waals surface area (Å²) in [5.41, 5.74) is 0.956. The van der Waals surface area contributed by atoms with Crippen LogP contribution in [0.25, 0.3) is 0 Å². The van der Waals surface area contributed by atoms with Crippen molar-refractivity contribution in [1.82, 2.24) is 4.90 Å². The summed E-state index contributed by atoms with van der Waals surface area (Å²) in [7, 11) is 0. The number of amides is 1. The molecule has 3 aliphatic heterocycles. The van der Waals surface area contributed by atoms with Crippen molar-refractivity contribution in [3.63, 3.8) is 0 Å². The molecule has 0 bridgehead atoms. The molecule has 0 radical (unpaired) electrons. The van der Waals surface area contributed by atoms with Gasteiger partial charge in [-0.3, -0.25) is 4.90 Å². The zero-order chi connectivity index (χ0) is 16.7. The Labute approximate surface area is 140 Å². The summed E-state index contributed by atoms with van der Waals surface area (Å²) in [6.45, 7) is 4.42. The molecule has 4 rings (SSSR count). The van der Waals surface area contributed by atoms with Crippen LogP contribution in [0.4, 0.5) is 4.79 Å². The summed E-state index contributed by atoms with van der Waals surface area (Å²) in [5.74, 6) is -0.707. The molecule has 0 unspecified atom stereocenters. The number of hydrogen-bond donors (Lipinski definition) is 0. The Balaban J connectivity index is 1.46. The minimum Gasteiger partial charge on any atom is -0.445 e. The molecule has 3 heterocycles. The quantitative estimate of drug-likeness (QED) is 0.779. The maximum atomic E-state index is 12.6. The van der Waals surface area contributed by atoms with Crippen molar-refractivity contribution in [1.29, 1.82) is 0 Å². The van der Waals surface area contributed by atoms with Gasteiger partial charge in [-0.25, -0.2) is 4.79 Å². The Bertz CT molecular complexity index is 644. The summed E-state index contributed by atoms with van der Waals surface area (Å²) >= 11 is 0. The number of nitrogens with zero attached hydrogens (tertiary/aromatic N) is 1. The third kappa shape index (κ3) is 2.81. The molecule has 0 aliphatic carbocycles. The Hall–Kier alpha value is -1.89. The van der Waals surface area contributed by atoms with Crippen molar-refractivity contribution in [3.05, 3.63) is 48.0 Å². The molecular weight excluding hydrogens is 310 g/mol. The van der Waals surface area contributed by atoms with Crippen LogP contribution in [-0.2, 0) is 25.6 Å². The molecule has 0 aromatic heterocycles. The topological polar surface area (TPSA) is 57.2 Å². The van der Waals surface area contributed by atoms with Crippen LogP contribution in [0.1, 0.15) is 19.4 Å². The highest BCUT2D eigenvalue weighted by molar-refractivity contribution is 5.69. The summed E-state index contributed by atoms with van der Waals surface area (Å²) in [6, 6.07) is 9.40. The second kappa shape index (κ2) is 5.88. The fourth-order valence-corrected chi connectivity index (χ4v) is 3.46. The van der Waals surface area contributed by atoms with Crippen LogP contribution < -0.4 is 0 Å². The molecule has 1 aromatic carbocycles. The van der Waals surface area contributed by atoms with Gasteiger partial charge in [-0.15, -0.1) is 0 Å². The van der Waals surface area contributed by atoms with Gasteiger partial charge in [-0.05, 0) is 19.4 Å². The fraction of sp³-hybridized carbons (Fsp3) is 0.500. The van der Waals surface area contributed by atoms with E-state index >= 15 is 0 Å². The average Bonchev–Trinajstić information content (AvgIpc) is 3.04. The predicted octanol–water partition coefficient (Wildman–Crippen LogP) is 2.44. The molecule has 0 saturated carbocycles. The van der Waals surface area contributed by atoms with Crippen LogP contribution in [0.5, 0.6) is 0 Å². The molecule has 2 fully saturated rings. The van der Waals surface area contributed by atoms with Gasteiger partial charge < -0.3 is 18.9 Å². The highest BCUT2D eigenvalue weighted by atomic mass is 16.8. The maximum absolute atomic E-state index is 12.6. The number of fused-ring (bicyclic) bond motifs is 3. The third-order valence-electron chi connectivity index (χ3n) is 4.48. The molecule has 3 aliphatic rings. The molecule has 1 amide bonds. The molecular formula is C18H21NO5. The van der Waals surface area contributed by atoms with Crippen molar-refractivity contribution in [3.8, 4) is 0 Å². The van der Waals surface area contributed by atoms with E-state index in [1.54, 1.807) is 4.90 Å². The van der Waals surface area contributed by atoms with E-state index < -0.39 is 12.1 Å². The first kappa shape index (κ1) is 15.6. The number of ether oxygens (including phenoxy) is 4. The molecule has 4 atom stereocenters. The molecule has 2 saturated heterocycles. The number of carbonyl (C=O) groups excluding carboxylic acids is 1. The smallest absolute Gasteiger partial charge is 0.410 e. The van der Waals surface area contributed by atoms with E-state index in [2.05, 4.69) is 0 Å². The lowest BCUT2D eigenvalue weighted by atomic mass is 10.0. The molecule has 1 aromatic rings. The Kier molecular flexibility index (Phi) is 3.83. The van der Waals surface area contributed by atoms with Gasteiger partial charge in [0.1, 0.15) is 18.8 Å². The van der Waals surface area contributed by atoms with Crippen LogP contribution in [-0.4, -0.2) is 47.9 Å². The molecule has 0 N–H and O–H groups in total. The molecule has 24 heavy (non-hydrogen) atoms. The van der Waals surface area contributed by atoms with Gasteiger partial charge in [0.25, 0.3) is 0 Å². The monoisotopic (exact) mass is 331 g/mol. The number of carbonyl (C=O) groups is 1. The van der Waals surface area contributed by atoms with E-state index in [4.69, 9.17) is 18.9 Å². The van der Waals surface area contributed by atoms with Crippen LogP contribution in [0, 0.1) is 0 Å². The second-order valence-corrected chi connectivity index (χ2v) is 6.68. The van der Waals surface area contributed by atoms with Crippen LogP contribution in [0.15, 0.2) is 42.5 Å². The van der Waals surface area contributed by atoms with Crippen molar-refractivity contribution in [2.45, 2.75) is 50.8 Å². The van der Waals surface area contributed by atoms with Gasteiger partial charge >= 0.3 is 6.09 Å². The lowest BCUT2D eigenvalue weighted by Crippen LogP contribution is -2.52. The van der Waals surface area contributed by atoms with E-state index in [1.165, 1.54) is 0 Å². The molecule has 6 heteroatoms. The molecule has 0 spiro atoms. The van der Waals surface area contributed by atoms with Crippen LogP contribution >= 0.6 is 0 Å². The maximum Gasteiger partial charge on any atom is 0.410 e. The Morgan fingerprint density at radius 3 is 2.88 bits per heavy atom. The number of hydrogen-bond acceptors (Lipinski definition) is 5. The van der Waals surface area contributed by atoms with E-state index in [1.807, 2.05) is 56.3 Å². The van der Waals surface area contributed by atoms with Gasteiger partial charge in [0.05, 0.1) is 6.04 Å². The van der Waals surface area contributed by atoms with Gasteiger partial charge in [-0.2, -0.15) is 0 Å². The summed E-state index contributed by atoms with van der Waals surface area (Å²) in [5, 5.41) is 0. The fourth-order valence-electron chi connectivity index (χ4n) is 3.46. The standard InChI is InChI=1S/C18H21NO5/c1-18(2)23-15-14-13(22-16(15)24-18)9-6-10-19(14)17(20)21-11-12-7-4-3-5-8-12/h3-9,13-16H,10-11H2,1-2H3/t13-,14+,15-,16-/m1/s1. The van der Waals surface area contributed by atoms with Crippen LogP contribution in [0.2, 0.25) is 0 Å². The summed E-state index contributed by atoms with van der Waals surface area (Å²) in [6.07, 6.45) is 2.52. The first-order valence-corrected chi connectivity index (χ1v) is 8.19. The van der Waals surface area contributed by atoms with Gasteiger partial charge in [0.15, 0.2) is 12.1 Å². The number of rotatable bonds is 2. The van der Waals surface area contributed by atoms with E-state index in [0.29, 0.717) is 6.54 Å². The molecule has 6 nitrogen and oxygen atoms in total. The summed E-state index contributed by atoms with van der Waals surface area (Å²) < 4.78 is 23.1. The number of benzene rings is 1. The van der Waals surface area contributed by atoms with Crippen LogP contribution in [0.3, 0.4) is 0 Å². The van der Waals surface area contributed by atoms with Crippen molar-refractivity contribution < 1.29 is 23.7 Å². The van der Waals surface area contributed by atoms with Gasteiger partial charge in [0, 0.05) is 6.54 Å². The zero-order valence-electron chi connectivity index (χ0n) is 13.8. The van der Waals surface area contributed by atoms with Crippen molar-refractivity contribution >= 4 is 6.09 Å². The van der Waals surface area contributed by atoms with E-state index in [0.717, 1.165) is 5.56 Å². The van der Waals surface area contributed by atoms with Crippen molar-refractivity contribution in [2.75, 3.05) is 6.54 Å². The lowest BCUT2D eigenvalue weighted by molar-refractivity contribution is -0.205. The predicted molar refractivity (Wildman–Crippen MR) is 85.0 cm³/mol. The lowest BCUT2D eigenvalue weighted by Gasteiger charge is -2.35. The minimum absolute atomic E-state index is 0.228. The zero-order valence-corrected chi connectivity index (χ0v) is 13.8. The third-order valence-corrected chi connectivity index (χ3v) is 4.48. The molecule has 128 valence electrons. The van der Waals surface area contributed by atoms with Crippen molar-refractivity contribution in [2.24, 2.45) is 0 Å². The second-order valence-electron chi connectivity index (χ2n) is 6.68. The van der Waals surface area contributed by atoms with E-state index in [-0.39, 0.29) is 30.9 Å². The van der Waals surface area contributed by atoms with E-state index in [9.17, 15) is 4.79 Å². The Morgan fingerprint density at radius 2 is 2.08 bits per heavy atom. The highest BCUT2D eigenvalue weighted by Crippen LogP contribution is 2.41. The first-order chi connectivity index (χ1) is 11.5. The minimum atomic E-state index is -0.707. The average molecular weight is 331 g/mol.